The van der Waals surface area contributed by atoms with Gasteiger partial charge in [0.2, 0.25) is 5.91 Å². The van der Waals surface area contributed by atoms with Crippen LogP contribution in [0, 0.1) is 0 Å². The highest BCUT2D eigenvalue weighted by molar-refractivity contribution is 5.79. The third-order valence-corrected chi connectivity index (χ3v) is 4.07. The zero-order valence-corrected chi connectivity index (χ0v) is 14.1. The minimum Gasteiger partial charge on any atom is -0.485 e. The number of ether oxygens (including phenoxy) is 1. The second-order valence-corrected chi connectivity index (χ2v) is 6.12. The average Bonchev–Trinajstić information content (AvgIpc) is 3.05. The van der Waals surface area contributed by atoms with E-state index in [1.54, 1.807) is 18.6 Å². The summed E-state index contributed by atoms with van der Waals surface area (Å²) >= 11 is 0. The molecule has 0 aliphatic carbocycles. The Kier molecular flexibility index (Phi) is 4.93. The molecule has 1 saturated heterocycles. The third kappa shape index (κ3) is 3.82. The number of aromatic nitrogens is 2. The Balaban J connectivity index is 1.59. The van der Waals surface area contributed by atoms with Crippen molar-refractivity contribution in [3.8, 4) is 5.75 Å². The van der Waals surface area contributed by atoms with E-state index in [2.05, 4.69) is 9.97 Å². The van der Waals surface area contributed by atoms with Gasteiger partial charge in [-0.05, 0) is 29.8 Å². The highest BCUT2D eigenvalue weighted by Gasteiger charge is 2.28. The second kappa shape index (κ2) is 7.29. The molecule has 126 valence electrons. The fourth-order valence-electron chi connectivity index (χ4n) is 2.83. The van der Waals surface area contributed by atoms with Gasteiger partial charge in [-0.15, -0.1) is 0 Å². The van der Waals surface area contributed by atoms with Crippen molar-refractivity contribution in [2.45, 2.75) is 18.9 Å². The van der Waals surface area contributed by atoms with Gasteiger partial charge in [0.05, 0.1) is 13.0 Å². The molecule has 0 radical (unpaired) electrons. The topological polar surface area (TPSA) is 58.6 Å². The van der Waals surface area contributed by atoms with E-state index in [-0.39, 0.29) is 12.0 Å². The molecule has 6 nitrogen and oxygen atoms in total. The summed E-state index contributed by atoms with van der Waals surface area (Å²) in [6.45, 7) is 1.35. The predicted octanol–water partition coefficient (Wildman–Crippen LogP) is 1.76. The molecule has 0 saturated carbocycles. The van der Waals surface area contributed by atoms with Gasteiger partial charge in [-0.25, -0.2) is 4.98 Å². The molecule has 1 amide bonds. The lowest BCUT2D eigenvalue weighted by Gasteiger charge is -2.20. The highest BCUT2D eigenvalue weighted by atomic mass is 16.5. The Morgan fingerprint density at radius 2 is 2.08 bits per heavy atom. The number of anilines is 1. The number of carbonyl (C=O) groups excluding carboxylic acids is 1. The van der Waals surface area contributed by atoms with Crippen LogP contribution in [0.2, 0.25) is 0 Å². The molecular weight excluding hydrogens is 304 g/mol. The predicted molar refractivity (Wildman–Crippen MR) is 92.1 cm³/mol. The Hall–Kier alpha value is -2.63. The summed E-state index contributed by atoms with van der Waals surface area (Å²) < 4.78 is 6.09. The van der Waals surface area contributed by atoms with Gasteiger partial charge in [-0.1, -0.05) is 0 Å². The van der Waals surface area contributed by atoms with Gasteiger partial charge in [-0.2, -0.15) is 0 Å². The molecule has 0 bridgehead atoms. The molecule has 0 aromatic carbocycles. The molecule has 2 aromatic heterocycles. The average molecular weight is 326 g/mol. The van der Waals surface area contributed by atoms with Crippen LogP contribution in [0.1, 0.15) is 12.0 Å². The van der Waals surface area contributed by atoms with Crippen molar-refractivity contribution in [2.24, 2.45) is 0 Å². The monoisotopic (exact) mass is 326 g/mol. The van der Waals surface area contributed by atoms with Crippen LogP contribution in [-0.2, 0) is 11.2 Å². The first kappa shape index (κ1) is 16.2. The largest absolute Gasteiger partial charge is 0.485 e. The number of pyridine rings is 2. The van der Waals surface area contributed by atoms with E-state index < -0.39 is 0 Å². The zero-order chi connectivity index (χ0) is 16.9. The first-order chi connectivity index (χ1) is 11.6. The number of nitrogens with zero attached hydrogens (tertiary/aromatic N) is 4. The summed E-state index contributed by atoms with van der Waals surface area (Å²) in [5.41, 5.74) is 0.988. The molecule has 24 heavy (non-hydrogen) atoms. The van der Waals surface area contributed by atoms with Crippen LogP contribution in [-0.4, -0.2) is 54.1 Å². The minimum absolute atomic E-state index is 0.00860. The molecule has 6 heteroatoms. The van der Waals surface area contributed by atoms with E-state index >= 15 is 0 Å². The number of likely N-dealkylation sites (tertiary alicyclic amines) is 1. The van der Waals surface area contributed by atoms with Crippen molar-refractivity contribution in [3.63, 3.8) is 0 Å². The van der Waals surface area contributed by atoms with Gasteiger partial charge < -0.3 is 14.5 Å². The summed E-state index contributed by atoms with van der Waals surface area (Å²) in [6.07, 6.45) is 6.43. The molecule has 1 unspecified atom stereocenters. The molecule has 2 aromatic rings. The molecule has 1 fully saturated rings. The Bertz CT molecular complexity index is 690. The van der Waals surface area contributed by atoms with Crippen molar-refractivity contribution in [1.29, 1.82) is 0 Å². The van der Waals surface area contributed by atoms with Crippen LogP contribution >= 0.6 is 0 Å². The first-order valence-corrected chi connectivity index (χ1v) is 8.09. The lowest BCUT2D eigenvalue weighted by Crippen LogP contribution is -2.32. The zero-order valence-electron chi connectivity index (χ0n) is 14.1. The lowest BCUT2D eigenvalue weighted by molar-refractivity contribution is -0.129. The molecular formula is C18H22N4O2. The first-order valence-electron chi connectivity index (χ1n) is 8.09. The molecule has 0 spiro atoms. The summed E-state index contributed by atoms with van der Waals surface area (Å²) in [5.74, 6) is 1.70. The fourth-order valence-corrected chi connectivity index (χ4v) is 2.83. The highest BCUT2D eigenvalue weighted by Crippen LogP contribution is 2.26. The third-order valence-electron chi connectivity index (χ3n) is 4.07. The van der Waals surface area contributed by atoms with Crippen molar-refractivity contribution in [1.82, 2.24) is 14.9 Å². The molecule has 3 heterocycles. The van der Waals surface area contributed by atoms with Gasteiger partial charge in [0.1, 0.15) is 6.10 Å². The second-order valence-electron chi connectivity index (χ2n) is 6.12. The van der Waals surface area contributed by atoms with E-state index in [9.17, 15) is 4.79 Å². The van der Waals surface area contributed by atoms with Gasteiger partial charge in [0.15, 0.2) is 11.6 Å². The molecule has 1 atom stereocenters. The molecule has 0 N–H and O–H groups in total. The SMILES string of the molecule is CN(C)c1ncccc1OC1CCN(C(=O)Cc2ccncc2)C1. The maximum atomic E-state index is 12.4. The van der Waals surface area contributed by atoms with Crippen molar-refractivity contribution >= 4 is 11.7 Å². The Morgan fingerprint density at radius 3 is 2.83 bits per heavy atom. The van der Waals surface area contributed by atoms with Crippen LogP contribution in [0.5, 0.6) is 5.75 Å². The van der Waals surface area contributed by atoms with Crippen LogP contribution in [0.4, 0.5) is 5.82 Å². The van der Waals surface area contributed by atoms with E-state index in [0.29, 0.717) is 13.0 Å². The standard InChI is InChI=1S/C18H22N4O2/c1-21(2)18-16(4-3-8-20-18)24-15-7-11-22(13-15)17(23)12-14-5-9-19-10-6-14/h3-6,8-10,15H,7,11-13H2,1-2H3. The van der Waals surface area contributed by atoms with Gasteiger partial charge in [0.25, 0.3) is 0 Å². The van der Waals surface area contributed by atoms with Gasteiger partial charge in [0, 0.05) is 45.7 Å². The van der Waals surface area contributed by atoms with E-state index in [1.165, 1.54) is 0 Å². The Morgan fingerprint density at radius 1 is 1.29 bits per heavy atom. The van der Waals surface area contributed by atoms with E-state index in [4.69, 9.17) is 4.74 Å². The number of carbonyl (C=O) groups is 1. The summed E-state index contributed by atoms with van der Waals surface area (Å²) in [5, 5.41) is 0. The minimum atomic E-state index is 0.00860. The van der Waals surface area contributed by atoms with Crippen molar-refractivity contribution in [3.05, 3.63) is 48.4 Å². The van der Waals surface area contributed by atoms with Crippen LogP contribution < -0.4 is 9.64 Å². The van der Waals surface area contributed by atoms with Crippen LogP contribution in [0.15, 0.2) is 42.9 Å². The fraction of sp³-hybridized carbons (Fsp3) is 0.389. The maximum Gasteiger partial charge on any atom is 0.227 e. The van der Waals surface area contributed by atoms with E-state index in [0.717, 1.165) is 30.1 Å². The summed E-state index contributed by atoms with van der Waals surface area (Å²) in [4.78, 5) is 24.5. The van der Waals surface area contributed by atoms with Gasteiger partial charge in [-0.3, -0.25) is 9.78 Å². The van der Waals surface area contributed by atoms with Gasteiger partial charge >= 0.3 is 0 Å². The quantitative estimate of drug-likeness (QED) is 0.838. The summed E-state index contributed by atoms with van der Waals surface area (Å²) in [7, 11) is 3.88. The number of rotatable bonds is 5. The molecule has 1 aliphatic heterocycles. The number of hydrogen-bond acceptors (Lipinski definition) is 5. The normalized spacial score (nSPS) is 16.9. The van der Waals surface area contributed by atoms with Crippen LogP contribution in [0.3, 0.4) is 0 Å². The smallest absolute Gasteiger partial charge is 0.227 e. The maximum absolute atomic E-state index is 12.4. The van der Waals surface area contributed by atoms with Crippen molar-refractivity contribution < 1.29 is 9.53 Å². The van der Waals surface area contributed by atoms with Crippen molar-refractivity contribution in [2.75, 3.05) is 32.1 Å². The van der Waals surface area contributed by atoms with E-state index in [1.807, 2.05) is 48.2 Å². The lowest BCUT2D eigenvalue weighted by atomic mass is 10.2. The van der Waals surface area contributed by atoms with Crippen LogP contribution in [0.25, 0.3) is 0 Å². The molecule has 1 aliphatic rings. The Labute approximate surface area is 142 Å². The number of amides is 1. The summed E-state index contributed by atoms with van der Waals surface area (Å²) in [6, 6.07) is 7.54. The molecule has 3 rings (SSSR count). The number of hydrogen-bond donors (Lipinski definition) is 0.